The fraction of sp³-hybridized carbons (Fsp3) is 0.565. The number of piperidine rings is 1. The Hall–Kier alpha value is -2.54. The molecular formula is C23H29N5O2. The van der Waals surface area contributed by atoms with E-state index in [1.54, 1.807) is 0 Å². The second kappa shape index (κ2) is 7.95. The van der Waals surface area contributed by atoms with Crippen molar-refractivity contribution in [3.8, 4) is 0 Å². The summed E-state index contributed by atoms with van der Waals surface area (Å²) in [6.07, 6.45) is 8.26. The molecular weight excluding hydrogens is 378 g/mol. The molecule has 2 aromatic heterocycles. The smallest absolute Gasteiger partial charge is 0.254 e. The van der Waals surface area contributed by atoms with Crippen LogP contribution in [0.1, 0.15) is 61.3 Å². The van der Waals surface area contributed by atoms with Gasteiger partial charge < -0.3 is 9.88 Å². The standard InChI is InChI=1S/C23H29N5O2/c1-15-12-18(15)23(30)28-10-3-2-4-20(28)21-25-19-14-27(11-7-17(19)22(29)26-21)13-16-5-8-24-9-6-16/h5-6,8-9,15,18,20H,2-4,7,10-14H2,1H3,(H,25,26,29)/t15-,18+,20+/m1/s1. The number of amides is 1. The fourth-order valence-corrected chi connectivity index (χ4v) is 4.91. The summed E-state index contributed by atoms with van der Waals surface area (Å²) >= 11 is 0. The number of hydrogen-bond donors (Lipinski definition) is 1. The maximum atomic E-state index is 13.0. The van der Waals surface area contributed by atoms with Crippen molar-refractivity contribution in [1.82, 2.24) is 24.8 Å². The van der Waals surface area contributed by atoms with E-state index in [4.69, 9.17) is 4.98 Å². The van der Waals surface area contributed by atoms with Gasteiger partial charge in [0.1, 0.15) is 5.82 Å². The molecule has 4 heterocycles. The Kier molecular flexibility index (Phi) is 5.15. The predicted molar refractivity (Wildman–Crippen MR) is 112 cm³/mol. The van der Waals surface area contributed by atoms with Crippen molar-refractivity contribution in [2.45, 2.75) is 58.2 Å². The molecule has 7 nitrogen and oxygen atoms in total. The Morgan fingerprint density at radius 1 is 1.23 bits per heavy atom. The van der Waals surface area contributed by atoms with E-state index in [-0.39, 0.29) is 23.4 Å². The SMILES string of the molecule is C[C@@H]1C[C@@H]1C(=O)N1CCCC[C@H]1c1nc2c(c(=O)[nH]1)CCN(Cc1ccncc1)C2. The molecule has 158 valence electrons. The summed E-state index contributed by atoms with van der Waals surface area (Å²) in [5.74, 6) is 1.56. The summed E-state index contributed by atoms with van der Waals surface area (Å²) in [5, 5.41) is 0. The number of aromatic amines is 1. The molecule has 0 aromatic carbocycles. The molecule has 0 radical (unpaired) electrons. The first-order valence-electron chi connectivity index (χ1n) is 11.1. The number of likely N-dealkylation sites (tertiary alicyclic amines) is 1. The van der Waals surface area contributed by atoms with Crippen LogP contribution in [0.5, 0.6) is 0 Å². The van der Waals surface area contributed by atoms with Crippen molar-refractivity contribution in [3.63, 3.8) is 0 Å². The molecule has 1 N–H and O–H groups in total. The van der Waals surface area contributed by atoms with E-state index in [1.165, 1.54) is 5.56 Å². The van der Waals surface area contributed by atoms with Crippen LogP contribution in [-0.2, 0) is 24.3 Å². The molecule has 2 aliphatic heterocycles. The van der Waals surface area contributed by atoms with Gasteiger partial charge in [-0.2, -0.15) is 0 Å². The van der Waals surface area contributed by atoms with Gasteiger partial charge in [-0.1, -0.05) is 6.92 Å². The van der Waals surface area contributed by atoms with Crippen molar-refractivity contribution in [3.05, 3.63) is 57.5 Å². The van der Waals surface area contributed by atoms with Crippen molar-refractivity contribution in [2.75, 3.05) is 13.1 Å². The van der Waals surface area contributed by atoms with E-state index >= 15 is 0 Å². The topological polar surface area (TPSA) is 82.2 Å². The molecule has 1 aliphatic carbocycles. The van der Waals surface area contributed by atoms with Crippen LogP contribution in [0, 0.1) is 11.8 Å². The Morgan fingerprint density at radius 3 is 2.80 bits per heavy atom. The zero-order valence-electron chi connectivity index (χ0n) is 17.5. The highest BCUT2D eigenvalue weighted by Crippen LogP contribution is 2.42. The number of carbonyl (C=O) groups is 1. The van der Waals surface area contributed by atoms with Gasteiger partial charge in [0.05, 0.1) is 11.7 Å². The average molecular weight is 408 g/mol. The third-order valence-electron chi connectivity index (χ3n) is 6.85. The monoisotopic (exact) mass is 407 g/mol. The highest BCUT2D eigenvalue weighted by atomic mass is 16.2. The van der Waals surface area contributed by atoms with Gasteiger partial charge >= 0.3 is 0 Å². The average Bonchev–Trinajstić information content (AvgIpc) is 3.50. The molecule has 7 heteroatoms. The molecule has 0 bridgehead atoms. The molecule has 0 spiro atoms. The maximum Gasteiger partial charge on any atom is 0.254 e. The van der Waals surface area contributed by atoms with Gasteiger partial charge in [-0.25, -0.2) is 4.98 Å². The van der Waals surface area contributed by atoms with Gasteiger partial charge in [0.15, 0.2) is 0 Å². The van der Waals surface area contributed by atoms with Crippen LogP contribution < -0.4 is 5.56 Å². The van der Waals surface area contributed by atoms with E-state index in [9.17, 15) is 9.59 Å². The molecule has 1 amide bonds. The van der Waals surface area contributed by atoms with Crippen LogP contribution in [-0.4, -0.2) is 43.7 Å². The van der Waals surface area contributed by atoms with Crippen molar-refractivity contribution >= 4 is 5.91 Å². The second-order valence-corrected chi connectivity index (χ2v) is 9.06. The molecule has 3 atom stereocenters. The highest BCUT2D eigenvalue weighted by molar-refractivity contribution is 5.82. The van der Waals surface area contributed by atoms with Crippen LogP contribution in [0.3, 0.4) is 0 Å². The first kappa shape index (κ1) is 19.4. The van der Waals surface area contributed by atoms with Gasteiger partial charge in [-0.3, -0.25) is 19.5 Å². The minimum absolute atomic E-state index is 0.0312. The van der Waals surface area contributed by atoms with Crippen LogP contribution in [0.15, 0.2) is 29.3 Å². The van der Waals surface area contributed by atoms with Crippen molar-refractivity contribution in [1.29, 1.82) is 0 Å². The molecule has 5 rings (SSSR count). The minimum atomic E-state index is -0.104. The van der Waals surface area contributed by atoms with Gasteiger partial charge in [0.2, 0.25) is 5.91 Å². The third kappa shape index (κ3) is 3.78. The van der Waals surface area contributed by atoms with Crippen LogP contribution in [0.25, 0.3) is 0 Å². The predicted octanol–water partition coefficient (Wildman–Crippen LogP) is 2.43. The summed E-state index contributed by atoms with van der Waals surface area (Å²) in [6, 6.07) is 3.94. The van der Waals surface area contributed by atoms with E-state index in [2.05, 4.69) is 21.8 Å². The summed E-state index contributed by atoms with van der Waals surface area (Å²) in [5.41, 5.74) is 2.85. The number of pyridine rings is 1. The lowest BCUT2D eigenvalue weighted by atomic mass is 9.99. The maximum absolute atomic E-state index is 13.0. The van der Waals surface area contributed by atoms with E-state index in [0.717, 1.165) is 56.6 Å². The van der Waals surface area contributed by atoms with Gasteiger partial charge in [0.25, 0.3) is 5.56 Å². The summed E-state index contributed by atoms with van der Waals surface area (Å²) in [4.78, 5) is 42.2. The first-order valence-corrected chi connectivity index (χ1v) is 11.1. The van der Waals surface area contributed by atoms with E-state index in [1.807, 2.05) is 29.4 Å². The van der Waals surface area contributed by atoms with Crippen LogP contribution in [0.4, 0.5) is 0 Å². The molecule has 2 fully saturated rings. The van der Waals surface area contributed by atoms with Gasteiger partial charge in [-0.05, 0) is 55.7 Å². The number of nitrogens with one attached hydrogen (secondary N) is 1. The van der Waals surface area contributed by atoms with Gasteiger partial charge in [0, 0.05) is 50.1 Å². The number of rotatable bonds is 4. The van der Waals surface area contributed by atoms with Crippen LogP contribution in [0.2, 0.25) is 0 Å². The van der Waals surface area contributed by atoms with Crippen molar-refractivity contribution in [2.24, 2.45) is 11.8 Å². The summed E-state index contributed by atoms with van der Waals surface area (Å²) in [6.45, 7) is 5.22. The highest BCUT2D eigenvalue weighted by Gasteiger charge is 2.44. The Balaban J connectivity index is 1.39. The quantitative estimate of drug-likeness (QED) is 0.842. The number of H-pyrrole nitrogens is 1. The van der Waals surface area contributed by atoms with Crippen molar-refractivity contribution < 1.29 is 4.79 Å². The Bertz CT molecular complexity index is 989. The van der Waals surface area contributed by atoms with E-state index < -0.39 is 0 Å². The number of aromatic nitrogens is 3. The molecule has 1 saturated carbocycles. The molecule has 30 heavy (non-hydrogen) atoms. The van der Waals surface area contributed by atoms with E-state index in [0.29, 0.717) is 24.7 Å². The lowest BCUT2D eigenvalue weighted by Crippen LogP contribution is -2.42. The Labute approximate surface area is 176 Å². The van der Waals surface area contributed by atoms with Gasteiger partial charge in [-0.15, -0.1) is 0 Å². The lowest BCUT2D eigenvalue weighted by molar-refractivity contribution is -0.137. The third-order valence-corrected chi connectivity index (χ3v) is 6.85. The summed E-state index contributed by atoms with van der Waals surface area (Å²) in [7, 11) is 0. The lowest BCUT2D eigenvalue weighted by Gasteiger charge is -2.36. The zero-order valence-corrected chi connectivity index (χ0v) is 17.5. The minimum Gasteiger partial charge on any atom is -0.332 e. The molecule has 3 aliphatic rings. The largest absolute Gasteiger partial charge is 0.332 e. The normalized spacial score (nSPS) is 26.3. The number of fused-ring (bicyclic) bond motifs is 1. The zero-order chi connectivity index (χ0) is 20.7. The fourth-order valence-electron chi connectivity index (χ4n) is 4.91. The summed E-state index contributed by atoms with van der Waals surface area (Å²) < 4.78 is 0. The van der Waals surface area contributed by atoms with Crippen LogP contribution >= 0.6 is 0 Å². The second-order valence-electron chi connectivity index (χ2n) is 9.06. The molecule has 0 unspecified atom stereocenters. The number of carbonyl (C=O) groups excluding carboxylic acids is 1. The molecule has 1 saturated heterocycles. The first-order chi connectivity index (χ1) is 14.6. The Morgan fingerprint density at radius 2 is 2.03 bits per heavy atom. The molecule has 2 aromatic rings. The number of hydrogen-bond acceptors (Lipinski definition) is 5. The number of nitrogens with zero attached hydrogens (tertiary/aromatic N) is 4.